The van der Waals surface area contributed by atoms with E-state index in [4.69, 9.17) is 0 Å². The molecule has 0 atom stereocenters. The first-order valence-corrected chi connectivity index (χ1v) is 19.0. The number of hydrogen-bond acceptors (Lipinski definition) is 0. The molecule has 2 nitrogen and oxygen atoms in total. The van der Waals surface area contributed by atoms with Crippen LogP contribution in [-0.4, -0.2) is 29.3 Å². The molecule has 0 fully saturated rings. The zero-order valence-electron chi connectivity index (χ0n) is 29.8. The lowest BCUT2D eigenvalue weighted by Crippen LogP contribution is -2.71. The topological polar surface area (TPSA) is 9.86 Å². The van der Waals surface area contributed by atoms with Crippen LogP contribution in [0.3, 0.4) is 0 Å². The highest BCUT2D eigenvalue weighted by atomic mass is 15.0. The Morgan fingerprint density at radius 3 is 1.06 bits per heavy atom. The van der Waals surface area contributed by atoms with Crippen LogP contribution < -0.4 is 49.2 Å². The molecule has 0 unspecified atom stereocenters. The van der Waals surface area contributed by atoms with Crippen molar-refractivity contribution in [3.63, 3.8) is 0 Å². The first kappa shape index (κ1) is 28.0. The molecule has 0 aliphatic carbocycles. The molecular formula is C47H33B3N2. The maximum atomic E-state index is 2.74. The van der Waals surface area contributed by atoms with E-state index in [1.165, 1.54) is 121 Å². The number of fused-ring (bicyclic) bond motifs is 4. The van der Waals surface area contributed by atoms with E-state index in [1.54, 1.807) is 0 Å². The highest BCUT2D eigenvalue weighted by Crippen LogP contribution is 2.41. The van der Waals surface area contributed by atoms with Gasteiger partial charge in [0.1, 0.15) is 0 Å². The van der Waals surface area contributed by atoms with Crippen LogP contribution in [0.25, 0.3) is 55.0 Å². The van der Waals surface area contributed by atoms with Crippen LogP contribution >= 0.6 is 0 Å². The first-order valence-electron chi connectivity index (χ1n) is 19.0. The van der Waals surface area contributed by atoms with E-state index < -0.39 is 0 Å². The van der Waals surface area contributed by atoms with Gasteiger partial charge in [-0.25, -0.2) is 0 Å². The zero-order valence-corrected chi connectivity index (χ0v) is 29.8. The van der Waals surface area contributed by atoms with Crippen molar-refractivity contribution in [1.29, 1.82) is 0 Å². The molecule has 0 bridgehead atoms. The number of aryl methyl sites for hydroxylation is 2. The minimum atomic E-state index is 0.120. The molecule has 4 aliphatic heterocycles. The van der Waals surface area contributed by atoms with Crippen LogP contribution in [0.4, 0.5) is 0 Å². The minimum absolute atomic E-state index is 0.120. The maximum Gasteiger partial charge on any atom is 0.252 e. The second-order valence-electron chi connectivity index (χ2n) is 16.2. The fourth-order valence-electron chi connectivity index (χ4n) is 11.7. The van der Waals surface area contributed by atoms with Gasteiger partial charge in [-0.3, -0.25) is 0 Å². The van der Waals surface area contributed by atoms with Gasteiger partial charge in [0.25, 0.3) is 6.71 Å². The molecule has 4 aliphatic rings. The third kappa shape index (κ3) is 2.94. The quantitative estimate of drug-likeness (QED) is 0.249. The van der Waals surface area contributed by atoms with Gasteiger partial charge >= 0.3 is 0 Å². The average molecular weight is 658 g/mol. The smallest absolute Gasteiger partial charge is 0.252 e. The van der Waals surface area contributed by atoms with Crippen LogP contribution in [-0.2, 0) is 0 Å². The standard InChI is InChI=1S/C47H33B3N2/c1-25(2)38-39-46-41-47-40(38)49(33-20-8-6-14-27(33)4)35-22-10-16-29-31-18-12-24-37(45(31)52(47)43(29)35)50(41)36-23-11-17-30-28-15-9-21-34(42(28)51(46)44(30)36)48(39)32-19-7-5-13-26(32)3/h5-25H,1-4H3. The van der Waals surface area contributed by atoms with E-state index in [-0.39, 0.29) is 20.1 Å². The Balaban J connectivity index is 1.37. The van der Waals surface area contributed by atoms with Gasteiger partial charge in [-0.2, -0.15) is 0 Å². The second-order valence-corrected chi connectivity index (χ2v) is 16.2. The number of benzene rings is 7. The van der Waals surface area contributed by atoms with Gasteiger partial charge in [-0.05, 0) is 58.0 Å². The third-order valence-electron chi connectivity index (χ3n) is 13.5. The van der Waals surface area contributed by atoms with Gasteiger partial charge in [0, 0.05) is 55.0 Å². The number of hydrogen-bond donors (Lipinski definition) is 0. The van der Waals surface area contributed by atoms with E-state index in [1.807, 2.05) is 0 Å². The van der Waals surface area contributed by atoms with E-state index in [0.717, 1.165) is 0 Å². The Bertz CT molecular complexity index is 2960. The summed E-state index contributed by atoms with van der Waals surface area (Å²) in [6.07, 6.45) is 0. The van der Waals surface area contributed by atoms with E-state index in [2.05, 4.69) is 158 Å². The highest BCUT2D eigenvalue weighted by molar-refractivity contribution is 7.06. The van der Waals surface area contributed by atoms with Gasteiger partial charge < -0.3 is 9.13 Å². The third-order valence-corrected chi connectivity index (χ3v) is 13.5. The fraction of sp³-hybridized carbons (Fsp3) is 0.106. The van der Waals surface area contributed by atoms with E-state index >= 15 is 0 Å². The monoisotopic (exact) mass is 658 g/mol. The lowest BCUT2D eigenvalue weighted by atomic mass is 9.26. The molecule has 6 heterocycles. The van der Waals surface area contributed by atoms with Gasteiger partial charge in [0.05, 0.1) is 0 Å². The number of para-hydroxylation sites is 4. The predicted molar refractivity (Wildman–Crippen MR) is 226 cm³/mol. The summed E-state index contributed by atoms with van der Waals surface area (Å²) in [5, 5.41) is 5.49. The summed E-state index contributed by atoms with van der Waals surface area (Å²) in [7, 11) is 0. The Hall–Kier alpha value is -5.67. The molecule has 2 aromatic heterocycles. The molecule has 9 aromatic rings. The number of nitrogens with zero attached hydrogens (tertiary/aromatic N) is 2. The first-order chi connectivity index (χ1) is 25.5. The Morgan fingerprint density at radius 2 is 0.712 bits per heavy atom. The number of aromatic nitrogens is 2. The van der Waals surface area contributed by atoms with Crippen molar-refractivity contribution in [3.05, 3.63) is 138 Å². The largest absolute Gasteiger partial charge is 0.311 e. The summed E-state index contributed by atoms with van der Waals surface area (Å²) >= 11 is 0. The Kier molecular flexibility index (Phi) is 4.96. The van der Waals surface area contributed by atoms with Crippen molar-refractivity contribution in [1.82, 2.24) is 9.13 Å². The van der Waals surface area contributed by atoms with Gasteiger partial charge in [0.15, 0.2) is 0 Å². The van der Waals surface area contributed by atoms with Crippen LogP contribution in [0.5, 0.6) is 0 Å². The van der Waals surface area contributed by atoms with Crippen LogP contribution in [0, 0.1) is 13.8 Å². The molecule has 13 rings (SSSR count). The summed E-state index contributed by atoms with van der Waals surface area (Å²) in [5.41, 5.74) is 25.8. The molecule has 0 saturated heterocycles. The summed E-state index contributed by atoms with van der Waals surface area (Å²) < 4.78 is 5.49. The normalized spacial score (nSPS) is 14.2. The molecule has 0 radical (unpaired) electrons. The zero-order chi connectivity index (χ0) is 34.3. The van der Waals surface area contributed by atoms with Gasteiger partial charge in [-0.15, -0.1) is 0 Å². The average Bonchev–Trinajstić information content (AvgIpc) is 3.69. The Morgan fingerprint density at radius 1 is 0.385 bits per heavy atom. The van der Waals surface area contributed by atoms with Crippen molar-refractivity contribution < 1.29 is 0 Å². The second kappa shape index (κ2) is 9.22. The van der Waals surface area contributed by atoms with Crippen LogP contribution in [0.15, 0.2) is 121 Å². The predicted octanol–water partition coefficient (Wildman–Crippen LogP) is 4.42. The van der Waals surface area contributed by atoms with Crippen LogP contribution in [0.2, 0.25) is 0 Å². The van der Waals surface area contributed by atoms with Crippen molar-refractivity contribution in [2.45, 2.75) is 33.6 Å². The van der Waals surface area contributed by atoms with Crippen molar-refractivity contribution in [2.24, 2.45) is 0 Å². The van der Waals surface area contributed by atoms with E-state index in [0.29, 0.717) is 5.92 Å². The molecule has 0 saturated carbocycles. The lowest BCUT2D eigenvalue weighted by Gasteiger charge is -2.44. The lowest BCUT2D eigenvalue weighted by molar-refractivity contribution is 0.875. The van der Waals surface area contributed by atoms with E-state index in [9.17, 15) is 0 Å². The molecule has 5 heteroatoms. The number of rotatable bonds is 3. The maximum absolute atomic E-state index is 2.74. The Labute approximate surface area is 303 Å². The molecule has 0 spiro atoms. The minimum Gasteiger partial charge on any atom is -0.311 e. The summed E-state index contributed by atoms with van der Waals surface area (Å²) in [6, 6.07) is 46.9. The molecule has 7 aromatic carbocycles. The SMILES string of the molecule is Cc1ccccc1B1c2c(C(C)C)c3c4c5c2-n2c6c1cccc6c1cccc(c12)B5c1cccc2c5cccc(c5n-4c12)B3c1ccccc1C. The van der Waals surface area contributed by atoms with Gasteiger partial charge in [0.2, 0.25) is 13.4 Å². The fourth-order valence-corrected chi connectivity index (χ4v) is 11.7. The van der Waals surface area contributed by atoms with Crippen molar-refractivity contribution in [3.8, 4) is 11.4 Å². The van der Waals surface area contributed by atoms with Gasteiger partial charge in [-0.1, -0.05) is 163 Å². The van der Waals surface area contributed by atoms with Crippen LogP contribution in [0.1, 0.15) is 36.5 Å². The molecule has 0 amide bonds. The molecule has 240 valence electrons. The van der Waals surface area contributed by atoms with Crippen molar-refractivity contribution >= 4 is 113 Å². The molecular weight excluding hydrogens is 625 g/mol. The molecule has 52 heavy (non-hydrogen) atoms. The summed E-state index contributed by atoms with van der Waals surface area (Å²) in [4.78, 5) is 0. The van der Waals surface area contributed by atoms with Crippen molar-refractivity contribution in [2.75, 3.05) is 0 Å². The highest BCUT2D eigenvalue weighted by Gasteiger charge is 2.51. The molecule has 0 N–H and O–H groups in total. The summed E-state index contributed by atoms with van der Waals surface area (Å²) in [5.74, 6) is 0.302. The summed E-state index contributed by atoms with van der Waals surface area (Å²) in [6.45, 7) is 9.93.